The van der Waals surface area contributed by atoms with E-state index in [1.54, 1.807) is 11.0 Å². The molecule has 1 aromatic rings. The van der Waals surface area contributed by atoms with Gasteiger partial charge in [0.2, 0.25) is 15.9 Å². The second kappa shape index (κ2) is 6.72. The van der Waals surface area contributed by atoms with Crippen LogP contribution in [0.3, 0.4) is 0 Å². The van der Waals surface area contributed by atoms with E-state index < -0.39 is 10.0 Å². The largest absolute Gasteiger partial charge is 0.337 e. The van der Waals surface area contributed by atoms with Crippen molar-refractivity contribution in [3.05, 3.63) is 40.4 Å². The van der Waals surface area contributed by atoms with Gasteiger partial charge in [-0.15, -0.1) is 0 Å². The Morgan fingerprint density at radius 2 is 1.81 bits per heavy atom. The van der Waals surface area contributed by atoms with Crippen LogP contribution in [-0.2, 0) is 14.8 Å². The van der Waals surface area contributed by atoms with Crippen LogP contribution >= 0.6 is 15.9 Å². The van der Waals surface area contributed by atoms with Crippen molar-refractivity contribution in [3.63, 3.8) is 0 Å². The van der Waals surface area contributed by atoms with Crippen LogP contribution < -0.4 is 0 Å². The van der Waals surface area contributed by atoms with Crippen molar-refractivity contribution in [2.45, 2.75) is 0 Å². The van der Waals surface area contributed by atoms with Gasteiger partial charge < -0.3 is 4.90 Å². The summed E-state index contributed by atoms with van der Waals surface area (Å²) in [4.78, 5) is 13.8. The highest BCUT2D eigenvalue weighted by atomic mass is 79.9. The van der Waals surface area contributed by atoms with Gasteiger partial charge in [0.1, 0.15) is 0 Å². The zero-order valence-corrected chi connectivity index (χ0v) is 14.1. The fourth-order valence-corrected chi connectivity index (χ4v) is 3.36. The second-order valence-electron chi connectivity index (χ2n) is 4.84. The van der Waals surface area contributed by atoms with E-state index in [0.29, 0.717) is 26.2 Å². The van der Waals surface area contributed by atoms with Crippen LogP contribution in [0.15, 0.2) is 34.8 Å². The number of sulfonamides is 1. The molecule has 0 radical (unpaired) electrons. The van der Waals surface area contributed by atoms with E-state index in [1.807, 2.05) is 24.3 Å². The van der Waals surface area contributed by atoms with E-state index in [1.165, 1.54) is 16.6 Å². The highest BCUT2D eigenvalue weighted by Gasteiger charge is 2.24. The number of amides is 1. The summed E-state index contributed by atoms with van der Waals surface area (Å²) in [5, 5.41) is 0. The molecule has 1 aliphatic rings. The zero-order chi connectivity index (χ0) is 15.5. The molecule has 2 rings (SSSR count). The van der Waals surface area contributed by atoms with E-state index in [0.717, 1.165) is 10.0 Å². The van der Waals surface area contributed by atoms with Gasteiger partial charge in [-0.05, 0) is 17.7 Å². The van der Waals surface area contributed by atoms with Crippen LogP contribution in [-0.4, -0.2) is 56.0 Å². The Hall–Kier alpha value is -1.18. The zero-order valence-electron chi connectivity index (χ0n) is 11.7. The SMILES string of the molecule is CS(=O)(=O)N1CCN(C(=O)/C=C/c2ccccc2Br)CC1. The van der Waals surface area contributed by atoms with Crippen molar-refractivity contribution in [1.29, 1.82) is 0 Å². The smallest absolute Gasteiger partial charge is 0.246 e. The summed E-state index contributed by atoms with van der Waals surface area (Å²) >= 11 is 3.42. The van der Waals surface area contributed by atoms with Gasteiger partial charge in [-0.25, -0.2) is 8.42 Å². The Kier molecular flexibility index (Phi) is 5.18. The number of carbonyl (C=O) groups excluding carboxylic acids is 1. The van der Waals surface area contributed by atoms with Gasteiger partial charge in [0, 0.05) is 36.7 Å². The molecule has 1 fully saturated rings. The minimum atomic E-state index is -3.16. The highest BCUT2D eigenvalue weighted by Crippen LogP contribution is 2.17. The molecule has 1 heterocycles. The molecular formula is C14H17BrN2O3S. The molecule has 0 spiro atoms. The van der Waals surface area contributed by atoms with Gasteiger partial charge in [-0.3, -0.25) is 4.79 Å². The van der Waals surface area contributed by atoms with Crippen molar-refractivity contribution in [2.24, 2.45) is 0 Å². The summed E-state index contributed by atoms with van der Waals surface area (Å²) in [6.45, 7) is 1.55. The minimum Gasteiger partial charge on any atom is -0.337 e. The van der Waals surface area contributed by atoms with Crippen LogP contribution in [0.1, 0.15) is 5.56 Å². The summed E-state index contributed by atoms with van der Waals surface area (Å²) in [5.74, 6) is -0.0982. The Balaban J connectivity index is 1.95. The molecule has 0 atom stereocenters. The lowest BCUT2D eigenvalue weighted by Crippen LogP contribution is -2.49. The van der Waals surface area contributed by atoms with Crippen LogP contribution in [0.25, 0.3) is 6.08 Å². The molecule has 5 nitrogen and oxygen atoms in total. The number of nitrogens with zero attached hydrogens (tertiary/aromatic N) is 2. The molecule has 0 saturated carbocycles. The highest BCUT2D eigenvalue weighted by molar-refractivity contribution is 9.10. The van der Waals surface area contributed by atoms with Gasteiger partial charge in [-0.2, -0.15) is 4.31 Å². The summed E-state index contributed by atoms with van der Waals surface area (Å²) in [6, 6.07) is 7.64. The molecule has 0 unspecified atom stereocenters. The van der Waals surface area contributed by atoms with Crippen LogP contribution in [0, 0.1) is 0 Å². The predicted octanol–water partition coefficient (Wildman–Crippen LogP) is 1.57. The number of piperazine rings is 1. The van der Waals surface area contributed by atoms with Crippen molar-refractivity contribution in [2.75, 3.05) is 32.4 Å². The minimum absolute atomic E-state index is 0.0982. The summed E-state index contributed by atoms with van der Waals surface area (Å²) in [6.07, 6.45) is 4.48. The van der Waals surface area contributed by atoms with Crippen molar-refractivity contribution in [3.8, 4) is 0 Å². The molecule has 0 aromatic heterocycles. The van der Waals surface area contributed by atoms with Gasteiger partial charge >= 0.3 is 0 Å². The number of benzene rings is 1. The van der Waals surface area contributed by atoms with Crippen LogP contribution in [0.2, 0.25) is 0 Å². The molecule has 7 heteroatoms. The number of hydrogen-bond acceptors (Lipinski definition) is 3. The molecule has 1 aromatic carbocycles. The molecule has 1 saturated heterocycles. The monoisotopic (exact) mass is 372 g/mol. The molecule has 0 bridgehead atoms. The third kappa shape index (κ3) is 4.39. The maximum atomic E-state index is 12.1. The number of carbonyl (C=O) groups is 1. The summed E-state index contributed by atoms with van der Waals surface area (Å²) in [5.41, 5.74) is 0.931. The standard InChI is InChI=1S/C14H17BrN2O3S/c1-21(19,20)17-10-8-16(9-11-17)14(18)7-6-12-4-2-3-5-13(12)15/h2-7H,8-11H2,1H3/b7-6+. The normalized spacial score (nSPS) is 17.3. The topological polar surface area (TPSA) is 57.7 Å². The van der Waals surface area contributed by atoms with E-state index in [9.17, 15) is 13.2 Å². The van der Waals surface area contributed by atoms with Crippen molar-refractivity contribution >= 4 is 37.9 Å². The maximum absolute atomic E-state index is 12.1. The molecule has 21 heavy (non-hydrogen) atoms. The average Bonchev–Trinajstić information content (AvgIpc) is 2.45. The maximum Gasteiger partial charge on any atom is 0.246 e. The first-order chi connectivity index (χ1) is 9.88. The molecular weight excluding hydrogens is 356 g/mol. The first-order valence-corrected chi connectivity index (χ1v) is 9.19. The molecule has 0 aliphatic carbocycles. The van der Waals surface area contributed by atoms with E-state index >= 15 is 0 Å². The fourth-order valence-electron chi connectivity index (χ4n) is 2.12. The third-order valence-electron chi connectivity index (χ3n) is 3.33. The Bertz CT molecular complexity index is 650. The van der Waals surface area contributed by atoms with Crippen molar-refractivity contribution in [1.82, 2.24) is 9.21 Å². The lowest BCUT2D eigenvalue weighted by Gasteiger charge is -2.32. The lowest BCUT2D eigenvalue weighted by molar-refractivity contribution is -0.127. The molecule has 1 aliphatic heterocycles. The lowest BCUT2D eigenvalue weighted by atomic mass is 10.2. The van der Waals surface area contributed by atoms with Gasteiger partial charge in [0.05, 0.1) is 6.26 Å². The summed E-state index contributed by atoms with van der Waals surface area (Å²) in [7, 11) is -3.16. The molecule has 0 N–H and O–H groups in total. The van der Waals surface area contributed by atoms with Crippen molar-refractivity contribution < 1.29 is 13.2 Å². The average molecular weight is 373 g/mol. The van der Waals surface area contributed by atoms with Crippen LogP contribution in [0.4, 0.5) is 0 Å². The Morgan fingerprint density at radius 3 is 2.38 bits per heavy atom. The molecule has 1 amide bonds. The predicted molar refractivity (Wildman–Crippen MR) is 86.2 cm³/mol. The number of rotatable bonds is 3. The van der Waals surface area contributed by atoms with Gasteiger partial charge in [-0.1, -0.05) is 34.1 Å². The summed E-state index contributed by atoms with van der Waals surface area (Å²) < 4.78 is 25.2. The van der Waals surface area contributed by atoms with Crippen LogP contribution in [0.5, 0.6) is 0 Å². The van der Waals surface area contributed by atoms with E-state index in [4.69, 9.17) is 0 Å². The first kappa shape index (κ1) is 16.2. The fraction of sp³-hybridized carbons (Fsp3) is 0.357. The first-order valence-electron chi connectivity index (χ1n) is 6.54. The van der Waals surface area contributed by atoms with Gasteiger partial charge in [0.25, 0.3) is 0 Å². The Labute approximate surface area is 133 Å². The van der Waals surface area contributed by atoms with E-state index in [-0.39, 0.29) is 5.91 Å². The number of halogens is 1. The quantitative estimate of drug-likeness (QED) is 0.756. The third-order valence-corrected chi connectivity index (χ3v) is 5.36. The van der Waals surface area contributed by atoms with Gasteiger partial charge in [0.15, 0.2) is 0 Å². The number of hydrogen-bond donors (Lipinski definition) is 0. The second-order valence-corrected chi connectivity index (χ2v) is 7.68. The molecule has 114 valence electrons. The Morgan fingerprint density at radius 1 is 1.19 bits per heavy atom. The van der Waals surface area contributed by atoms with E-state index in [2.05, 4.69) is 15.9 Å².